The van der Waals surface area contributed by atoms with Gasteiger partial charge >= 0.3 is 0 Å². The fraction of sp³-hybridized carbons (Fsp3) is 0.357. The van der Waals surface area contributed by atoms with Gasteiger partial charge in [-0.1, -0.05) is 67.4 Å². The molecule has 0 spiro atoms. The van der Waals surface area contributed by atoms with Gasteiger partial charge in [0, 0.05) is 25.2 Å². The van der Waals surface area contributed by atoms with Gasteiger partial charge in [-0.25, -0.2) is 8.42 Å². The average Bonchev–Trinajstić information content (AvgIpc) is 3.18. The lowest BCUT2D eigenvalue weighted by Crippen LogP contribution is -2.49. The molecule has 1 amide bonds. The number of aliphatic imine (C=N–C) groups is 1. The third kappa shape index (κ3) is 6.30. The Labute approximate surface area is 213 Å². The van der Waals surface area contributed by atoms with Gasteiger partial charge in [0.15, 0.2) is 0 Å². The van der Waals surface area contributed by atoms with E-state index in [1.807, 2.05) is 55.5 Å². The van der Waals surface area contributed by atoms with Crippen molar-refractivity contribution in [3.05, 3.63) is 77.9 Å². The first-order valence-electron chi connectivity index (χ1n) is 12.6. The molecule has 3 aromatic rings. The number of amidine groups is 1. The smallest absolute Gasteiger partial charge is 0.241 e. The molecule has 1 saturated heterocycles. The van der Waals surface area contributed by atoms with E-state index in [-0.39, 0.29) is 17.2 Å². The molecule has 4 rings (SSSR count). The van der Waals surface area contributed by atoms with Crippen LogP contribution in [0.2, 0.25) is 0 Å². The summed E-state index contributed by atoms with van der Waals surface area (Å²) >= 11 is 0. The normalized spacial score (nSPS) is 16.0. The number of carbonyl (C=O) groups excluding carboxylic acids is 1. The highest BCUT2D eigenvalue weighted by molar-refractivity contribution is 7.89. The Kier molecular flexibility index (Phi) is 8.38. The van der Waals surface area contributed by atoms with Crippen LogP contribution in [-0.2, 0) is 21.2 Å². The Morgan fingerprint density at radius 2 is 1.64 bits per heavy atom. The molecular weight excluding hydrogens is 472 g/mol. The molecule has 36 heavy (non-hydrogen) atoms. The van der Waals surface area contributed by atoms with Crippen LogP contribution in [-0.4, -0.2) is 50.7 Å². The molecule has 3 N–H and O–H groups in total. The largest absolute Gasteiger partial charge is 0.384 e. The SMILES string of the molecule is CCN=C(N)c1ccc(C[C@H](NS(=O)(=O)c2ccc3ccccc3c2)C(=O)N2CCCCCC2)cc1. The van der Waals surface area contributed by atoms with E-state index in [1.165, 1.54) is 0 Å². The molecule has 0 bridgehead atoms. The summed E-state index contributed by atoms with van der Waals surface area (Å²) in [6.07, 6.45) is 4.27. The standard InChI is InChI=1S/C28H34N4O3S/c1-2-30-27(29)23-13-11-21(12-14-23)19-26(28(33)32-17-7-3-4-8-18-32)31-36(34,35)25-16-15-22-9-5-6-10-24(22)20-25/h5-6,9-16,20,26,31H,2-4,7-8,17-19H2,1H3,(H2,29,30)/t26-/m0/s1. The minimum Gasteiger partial charge on any atom is -0.384 e. The molecule has 1 heterocycles. The van der Waals surface area contributed by atoms with Gasteiger partial charge in [0.1, 0.15) is 11.9 Å². The van der Waals surface area contributed by atoms with Crippen LogP contribution in [0.1, 0.15) is 43.7 Å². The summed E-state index contributed by atoms with van der Waals surface area (Å²) in [5, 5.41) is 1.79. The minimum atomic E-state index is -3.93. The van der Waals surface area contributed by atoms with E-state index in [9.17, 15) is 13.2 Å². The molecule has 0 radical (unpaired) electrons. The van der Waals surface area contributed by atoms with Crippen molar-refractivity contribution in [2.24, 2.45) is 10.7 Å². The quantitative estimate of drug-likeness (QED) is 0.358. The van der Waals surface area contributed by atoms with Crippen molar-refractivity contribution in [3.8, 4) is 0 Å². The zero-order valence-electron chi connectivity index (χ0n) is 20.7. The lowest BCUT2D eigenvalue weighted by Gasteiger charge is -2.27. The number of likely N-dealkylation sites (tertiary alicyclic amines) is 1. The Hall–Kier alpha value is -3.23. The van der Waals surface area contributed by atoms with Gasteiger partial charge in [-0.05, 0) is 54.7 Å². The first-order valence-corrected chi connectivity index (χ1v) is 14.0. The summed E-state index contributed by atoms with van der Waals surface area (Å²) in [5.41, 5.74) is 7.65. The maximum atomic E-state index is 13.6. The second kappa shape index (κ2) is 11.7. The molecule has 0 unspecified atom stereocenters. The first kappa shape index (κ1) is 25.9. The fourth-order valence-corrected chi connectivity index (χ4v) is 5.81. The van der Waals surface area contributed by atoms with Crippen molar-refractivity contribution < 1.29 is 13.2 Å². The van der Waals surface area contributed by atoms with Gasteiger partial charge in [0.25, 0.3) is 0 Å². The maximum Gasteiger partial charge on any atom is 0.241 e. The Morgan fingerprint density at radius 3 is 2.31 bits per heavy atom. The van der Waals surface area contributed by atoms with Gasteiger partial charge in [0.2, 0.25) is 15.9 Å². The van der Waals surface area contributed by atoms with E-state index in [0.29, 0.717) is 25.5 Å². The number of hydrogen-bond donors (Lipinski definition) is 2. The summed E-state index contributed by atoms with van der Waals surface area (Å²) in [6, 6.07) is 19.2. The highest BCUT2D eigenvalue weighted by Crippen LogP contribution is 2.20. The molecule has 1 atom stereocenters. The highest BCUT2D eigenvalue weighted by Gasteiger charge is 2.30. The van der Waals surface area contributed by atoms with Gasteiger partial charge in [-0.2, -0.15) is 4.72 Å². The van der Waals surface area contributed by atoms with Crippen LogP contribution < -0.4 is 10.5 Å². The molecule has 1 aliphatic rings. The number of rotatable bonds is 8. The molecule has 0 aromatic heterocycles. The van der Waals surface area contributed by atoms with Gasteiger partial charge < -0.3 is 10.6 Å². The predicted octanol–water partition coefficient (Wildman–Crippen LogP) is 3.86. The lowest BCUT2D eigenvalue weighted by atomic mass is 10.0. The Bertz CT molecular complexity index is 1330. The van der Waals surface area contributed by atoms with Crippen molar-refractivity contribution >= 4 is 32.5 Å². The second-order valence-corrected chi connectivity index (χ2v) is 10.9. The molecule has 7 nitrogen and oxygen atoms in total. The van der Waals surface area contributed by atoms with Crippen molar-refractivity contribution in [2.75, 3.05) is 19.6 Å². The van der Waals surface area contributed by atoms with E-state index in [1.54, 1.807) is 23.1 Å². The van der Waals surface area contributed by atoms with Gasteiger partial charge in [0.05, 0.1) is 4.90 Å². The number of nitrogens with two attached hydrogens (primary N) is 1. The topological polar surface area (TPSA) is 105 Å². The highest BCUT2D eigenvalue weighted by atomic mass is 32.2. The van der Waals surface area contributed by atoms with Crippen LogP contribution in [0.15, 0.2) is 76.6 Å². The maximum absolute atomic E-state index is 13.6. The third-order valence-electron chi connectivity index (χ3n) is 6.56. The number of benzene rings is 3. The zero-order chi connectivity index (χ0) is 25.5. The first-order chi connectivity index (χ1) is 17.4. The Balaban J connectivity index is 1.61. The monoisotopic (exact) mass is 506 g/mol. The van der Waals surface area contributed by atoms with Crippen LogP contribution in [0.25, 0.3) is 10.8 Å². The van der Waals surface area contributed by atoms with E-state index in [2.05, 4.69) is 9.71 Å². The minimum absolute atomic E-state index is 0.147. The van der Waals surface area contributed by atoms with Gasteiger partial charge in [-0.15, -0.1) is 0 Å². The van der Waals surface area contributed by atoms with Crippen molar-refractivity contribution in [3.63, 3.8) is 0 Å². The van der Waals surface area contributed by atoms with Crippen LogP contribution in [0.4, 0.5) is 0 Å². The predicted molar refractivity (Wildman–Crippen MR) is 145 cm³/mol. The van der Waals surface area contributed by atoms with E-state index < -0.39 is 16.1 Å². The third-order valence-corrected chi connectivity index (χ3v) is 8.03. The number of nitrogens with one attached hydrogen (secondary N) is 1. The van der Waals surface area contributed by atoms with Crippen LogP contribution >= 0.6 is 0 Å². The van der Waals surface area contributed by atoms with E-state index in [4.69, 9.17) is 5.73 Å². The number of nitrogens with zero attached hydrogens (tertiary/aromatic N) is 2. The molecular formula is C28H34N4O3S. The number of hydrogen-bond acceptors (Lipinski definition) is 4. The second-order valence-electron chi connectivity index (χ2n) is 9.18. The molecule has 1 fully saturated rings. The van der Waals surface area contributed by atoms with Crippen molar-refractivity contribution in [1.29, 1.82) is 0 Å². The fourth-order valence-electron chi connectivity index (χ4n) is 4.59. The van der Waals surface area contributed by atoms with E-state index in [0.717, 1.165) is 47.6 Å². The molecule has 190 valence electrons. The van der Waals surface area contributed by atoms with Crippen LogP contribution in [0.5, 0.6) is 0 Å². The van der Waals surface area contributed by atoms with Crippen LogP contribution in [0.3, 0.4) is 0 Å². The Morgan fingerprint density at radius 1 is 0.972 bits per heavy atom. The summed E-state index contributed by atoms with van der Waals surface area (Å²) in [4.78, 5) is 19.8. The van der Waals surface area contributed by atoms with Crippen molar-refractivity contribution in [2.45, 2.75) is 50.0 Å². The van der Waals surface area contributed by atoms with Crippen molar-refractivity contribution in [1.82, 2.24) is 9.62 Å². The van der Waals surface area contributed by atoms with E-state index >= 15 is 0 Å². The summed E-state index contributed by atoms with van der Waals surface area (Å²) in [5.74, 6) is 0.274. The number of amides is 1. The number of carbonyl (C=O) groups is 1. The number of sulfonamides is 1. The summed E-state index contributed by atoms with van der Waals surface area (Å²) < 4.78 is 29.6. The molecule has 8 heteroatoms. The summed E-state index contributed by atoms with van der Waals surface area (Å²) in [7, 11) is -3.93. The molecule has 0 aliphatic carbocycles. The molecule has 3 aromatic carbocycles. The lowest BCUT2D eigenvalue weighted by molar-refractivity contribution is -0.132. The van der Waals surface area contributed by atoms with Gasteiger partial charge in [-0.3, -0.25) is 9.79 Å². The molecule has 1 aliphatic heterocycles. The zero-order valence-corrected chi connectivity index (χ0v) is 21.5. The molecule has 0 saturated carbocycles. The summed E-state index contributed by atoms with van der Waals surface area (Å²) in [6.45, 7) is 3.81. The van der Waals surface area contributed by atoms with Crippen LogP contribution in [0, 0.1) is 0 Å². The number of fused-ring (bicyclic) bond motifs is 1. The average molecular weight is 507 g/mol.